The van der Waals surface area contributed by atoms with Crippen molar-refractivity contribution in [2.45, 2.75) is 0 Å². The molecule has 1 aliphatic heterocycles. The highest BCUT2D eigenvalue weighted by molar-refractivity contribution is 8.18. The lowest BCUT2D eigenvalue weighted by Gasteiger charge is -2.10. The average molecular weight is 309 g/mol. The highest BCUT2D eigenvalue weighted by Gasteiger charge is 2.40. The highest BCUT2D eigenvalue weighted by Crippen LogP contribution is 2.33. The summed E-state index contributed by atoms with van der Waals surface area (Å²) in [6, 6.07) is 17.5. The lowest BCUT2D eigenvalue weighted by atomic mass is 10.2. The first-order valence-corrected chi connectivity index (χ1v) is 7.41. The van der Waals surface area contributed by atoms with E-state index < -0.39 is 17.1 Å². The van der Waals surface area contributed by atoms with Crippen LogP contribution in [0.15, 0.2) is 65.6 Å². The van der Waals surface area contributed by atoms with Crippen LogP contribution in [0.5, 0.6) is 0 Å². The van der Waals surface area contributed by atoms with Gasteiger partial charge in [0.2, 0.25) is 0 Å². The average Bonchev–Trinajstić information content (AvgIpc) is 2.82. The molecule has 0 saturated carbocycles. The number of amides is 3. The molecule has 1 fully saturated rings. The summed E-state index contributed by atoms with van der Waals surface area (Å²) >= 11 is 0.777. The smallest absolute Gasteiger partial charge is 0.268 e. The molecule has 4 nitrogen and oxygen atoms in total. The second-order valence-corrected chi connectivity index (χ2v) is 5.59. The van der Waals surface area contributed by atoms with Gasteiger partial charge in [-0.25, -0.2) is 4.90 Å². The van der Waals surface area contributed by atoms with E-state index in [0.29, 0.717) is 10.5 Å². The van der Waals surface area contributed by atoms with E-state index in [1.165, 1.54) is 0 Å². The van der Waals surface area contributed by atoms with Crippen molar-refractivity contribution in [1.82, 2.24) is 4.90 Å². The number of thioether (sulfide) groups is 1. The summed E-state index contributed by atoms with van der Waals surface area (Å²) in [6.07, 6.45) is 1.61. The van der Waals surface area contributed by atoms with Crippen LogP contribution in [0.3, 0.4) is 0 Å². The Bertz CT molecular complexity index is 769. The van der Waals surface area contributed by atoms with Crippen molar-refractivity contribution >= 4 is 34.9 Å². The predicted octanol–water partition coefficient (Wildman–Crippen LogP) is 3.56. The van der Waals surface area contributed by atoms with Crippen molar-refractivity contribution in [1.29, 1.82) is 0 Å². The van der Waals surface area contributed by atoms with E-state index in [-0.39, 0.29) is 4.91 Å². The van der Waals surface area contributed by atoms with Crippen molar-refractivity contribution in [2.75, 3.05) is 0 Å². The maximum absolute atomic E-state index is 12.3. The van der Waals surface area contributed by atoms with Crippen LogP contribution < -0.4 is 0 Å². The third-order valence-corrected chi connectivity index (χ3v) is 3.98. The summed E-state index contributed by atoms with van der Waals surface area (Å²) in [4.78, 5) is 37.6. The molecule has 0 atom stereocenters. The van der Waals surface area contributed by atoms with Gasteiger partial charge in [-0.1, -0.05) is 48.5 Å². The van der Waals surface area contributed by atoms with E-state index in [2.05, 4.69) is 0 Å². The van der Waals surface area contributed by atoms with E-state index >= 15 is 0 Å². The van der Waals surface area contributed by atoms with Crippen molar-refractivity contribution in [3.8, 4) is 0 Å². The molecule has 0 radical (unpaired) electrons. The first kappa shape index (κ1) is 14.3. The number of hydrogen-bond donors (Lipinski definition) is 0. The molecular formula is C17H11NO3S. The van der Waals surface area contributed by atoms with Gasteiger partial charge in [0.1, 0.15) is 0 Å². The zero-order valence-electron chi connectivity index (χ0n) is 11.4. The summed E-state index contributed by atoms with van der Waals surface area (Å²) in [7, 11) is 0. The number of imide groups is 3. The Balaban J connectivity index is 1.89. The summed E-state index contributed by atoms with van der Waals surface area (Å²) in [5, 5.41) is -0.568. The second-order valence-electron chi connectivity index (χ2n) is 4.60. The van der Waals surface area contributed by atoms with E-state index in [9.17, 15) is 14.4 Å². The monoisotopic (exact) mass is 309 g/mol. The minimum Gasteiger partial charge on any atom is -0.268 e. The Morgan fingerprint density at radius 3 is 2.14 bits per heavy atom. The van der Waals surface area contributed by atoms with Crippen LogP contribution in [0.1, 0.15) is 15.9 Å². The number of nitrogens with zero attached hydrogens (tertiary/aromatic N) is 1. The molecular weight excluding hydrogens is 298 g/mol. The van der Waals surface area contributed by atoms with Gasteiger partial charge in [-0.15, -0.1) is 0 Å². The molecule has 3 rings (SSSR count). The Hall–Kier alpha value is -2.66. The van der Waals surface area contributed by atoms with E-state index in [1.54, 1.807) is 36.4 Å². The van der Waals surface area contributed by atoms with Gasteiger partial charge in [0, 0.05) is 5.56 Å². The molecule has 0 unspecified atom stereocenters. The van der Waals surface area contributed by atoms with Gasteiger partial charge in [0.15, 0.2) is 0 Å². The molecule has 1 saturated heterocycles. The molecule has 2 aromatic rings. The second kappa shape index (κ2) is 5.99. The molecule has 0 spiro atoms. The number of carbonyl (C=O) groups excluding carboxylic acids is 3. The summed E-state index contributed by atoms with van der Waals surface area (Å²) in [5.74, 6) is -1.17. The van der Waals surface area contributed by atoms with Gasteiger partial charge in [0.05, 0.1) is 4.91 Å². The van der Waals surface area contributed by atoms with Crippen molar-refractivity contribution < 1.29 is 14.4 Å². The summed E-state index contributed by atoms with van der Waals surface area (Å²) in [6.45, 7) is 0. The molecule has 0 aliphatic carbocycles. The van der Waals surface area contributed by atoms with Gasteiger partial charge >= 0.3 is 5.24 Å². The molecule has 0 aromatic heterocycles. The fraction of sp³-hybridized carbons (Fsp3) is 0. The van der Waals surface area contributed by atoms with Crippen molar-refractivity contribution in [3.63, 3.8) is 0 Å². The van der Waals surface area contributed by atoms with Gasteiger partial charge in [-0.05, 0) is 35.5 Å². The summed E-state index contributed by atoms with van der Waals surface area (Å²) < 4.78 is 0. The molecule has 0 bridgehead atoms. The normalized spacial score (nSPS) is 16.4. The van der Waals surface area contributed by atoms with Crippen LogP contribution in [0.4, 0.5) is 4.79 Å². The minimum absolute atomic E-state index is 0.250. The predicted molar refractivity (Wildman–Crippen MR) is 85.0 cm³/mol. The Morgan fingerprint density at radius 2 is 1.50 bits per heavy atom. The van der Waals surface area contributed by atoms with E-state index in [0.717, 1.165) is 17.3 Å². The first-order valence-electron chi connectivity index (χ1n) is 6.59. The van der Waals surface area contributed by atoms with Crippen molar-refractivity contribution in [2.24, 2.45) is 0 Å². The van der Waals surface area contributed by atoms with Gasteiger partial charge in [-0.3, -0.25) is 14.4 Å². The van der Waals surface area contributed by atoms with E-state index in [4.69, 9.17) is 0 Å². The fourth-order valence-corrected chi connectivity index (χ4v) is 2.87. The Kier molecular flexibility index (Phi) is 3.89. The molecule has 1 aliphatic rings. The number of benzene rings is 2. The summed E-state index contributed by atoms with van der Waals surface area (Å²) in [5.41, 5.74) is 1.12. The molecule has 5 heteroatoms. The van der Waals surface area contributed by atoms with Crippen LogP contribution in [-0.4, -0.2) is 22.0 Å². The fourth-order valence-electron chi connectivity index (χ4n) is 2.05. The van der Waals surface area contributed by atoms with Gasteiger partial charge in [-0.2, -0.15) is 0 Å². The zero-order valence-corrected chi connectivity index (χ0v) is 12.2. The van der Waals surface area contributed by atoms with Crippen LogP contribution in [0.2, 0.25) is 0 Å². The molecule has 2 aromatic carbocycles. The number of carbonyl (C=O) groups is 3. The largest absolute Gasteiger partial charge is 0.300 e. The molecule has 108 valence electrons. The topological polar surface area (TPSA) is 54.5 Å². The van der Waals surface area contributed by atoms with Gasteiger partial charge < -0.3 is 0 Å². The maximum atomic E-state index is 12.3. The quantitative estimate of drug-likeness (QED) is 0.628. The van der Waals surface area contributed by atoms with Crippen LogP contribution in [0, 0.1) is 0 Å². The van der Waals surface area contributed by atoms with Gasteiger partial charge in [0.25, 0.3) is 11.8 Å². The minimum atomic E-state index is -0.598. The van der Waals surface area contributed by atoms with Crippen LogP contribution in [0.25, 0.3) is 6.08 Å². The van der Waals surface area contributed by atoms with Crippen molar-refractivity contribution in [3.05, 3.63) is 76.7 Å². The molecule has 0 N–H and O–H groups in total. The van der Waals surface area contributed by atoms with E-state index in [1.807, 2.05) is 30.3 Å². The molecule has 3 amide bonds. The highest BCUT2D eigenvalue weighted by atomic mass is 32.2. The zero-order chi connectivity index (χ0) is 15.5. The lowest BCUT2D eigenvalue weighted by molar-refractivity contribution is -0.120. The standard InChI is InChI=1S/C17H11NO3S/c19-15(13-9-5-2-6-10-13)18-16(20)14(22-17(18)21)11-12-7-3-1-4-8-12/h1-11H/b14-11-. The molecule has 22 heavy (non-hydrogen) atoms. The Labute approximate surface area is 131 Å². The number of rotatable bonds is 2. The van der Waals surface area contributed by atoms with Crippen LogP contribution >= 0.6 is 11.8 Å². The molecule has 1 heterocycles. The third kappa shape index (κ3) is 2.71. The Morgan fingerprint density at radius 1 is 0.909 bits per heavy atom. The third-order valence-electron chi connectivity index (χ3n) is 3.11. The number of hydrogen-bond acceptors (Lipinski definition) is 4. The maximum Gasteiger partial charge on any atom is 0.300 e. The SMILES string of the molecule is O=C1S/C(=C\c2ccccc2)C(=O)N1C(=O)c1ccccc1. The van der Waals surface area contributed by atoms with Crippen LogP contribution in [-0.2, 0) is 4.79 Å². The lowest BCUT2D eigenvalue weighted by Crippen LogP contribution is -2.34. The first-order chi connectivity index (χ1) is 10.7.